The van der Waals surface area contributed by atoms with E-state index in [1.807, 2.05) is 10.3 Å². The van der Waals surface area contributed by atoms with Gasteiger partial charge in [0.2, 0.25) is 0 Å². The number of para-hydroxylation sites is 1. The van der Waals surface area contributed by atoms with E-state index in [2.05, 4.69) is 15.9 Å². The molecule has 0 fully saturated rings. The molecule has 1 amide bonds. The number of carbonyl (C=O) groups excluding carboxylic acids is 1. The Hall–Kier alpha value is -2.30. The topological polar surface area (TPSA) is 118 Å². The van der Waals surface area contributed by atoms with Crippen LogP contribution in [-0.4, -0.2) is 19.2 Å². The molecule has 10 heteroatoms. The van der Waals surface area contributed by atoms with Crippen molar-refractivity contribution in [3.63, 3.8) is 0 Å². The molecule has 0 atom stereocenters. The van der Waals surface area contributed by atoms with Gasteiger partial charge in [0.15, 0.2) is 4.90 Å². The Morgan fingerprint density at radius 3 is 2.35 bits per heavy atom. The van der Waals surface area contributed by atoms with Gasteiger partial charge in [0, 0.05) is 10.5 Å². The largest absolute Gasteiger partial charge is 0.289 e. The van der Waals surface area contributed by atoms with Crippen LogP contribution in [0.2, 0.25) is 0 Å². The van der Waals surface area contributed by atoms with Gasteiger partial charge in [-0.2, -0.15) is 0 Å². The number of nitrogens with zero attached hydrogens (tertiary/aromatic N) is 1. The normalized spacial score (nSPS) is 11.0. The number of sulfonamides is 1. The zero-order valence-electron chi connectivity index (χ0n) is 11.4. The molecule has 0 heterocycles. The Kier molecular flexibility index (Phi) is 5.08. The van der Waals surface area contributed by atoms with Crippen LogP contribution in [0.1, 0.15) is 10.4 Å². The zero-order chi connectivity index (χ0) is 17.0. The highest BCUT2D eigenvalue weighted by atomic mass is 79.9. The summed E-state index contributed by atoms with van der Waals surface area (Å²) in [5.41, 5.74) is 1.63. The van der Waals surface area contributed by atoms with E-state index in [0.717, 1.165) is 12.1 Å². The fraction of sp³-hybridized carbons (Fsp3) is 0. The fourth-order valence-corrected chi connectivity index (χ4v) is 3.19. The Labute approximate surface area is 139 Å². The summed E-state index contributed by atoms with van der Waals surface area (Å²) >= 11 is 3.17. The van der Waals surface area contributed by atoms with Crippen molar-refractivity contribution in [1.82, 2.24) is 10.3 Å². The first-order valence-corrected chi connectivity index (χ1v) is 8.40. The molecule has 0 spiro atoms. The second-order valence-electron chi connectivity index (χ2n) is 4.26. The van der Waals surface area contributed by atoms with Crippen LogP contribution in [-0.2, 0) is 10.0 Å². The molecule has 2 N–H and O–H groups in total. The minimum absolute atomic E-state index is 0.206. The van der Waals surface area contributed by atoms with E-state index >= 15 is 0 Å². The molecule has 0 radical (unpaired) electrons. The van der Waals surface area contributed by atoms with Crippen LogP contribution in [0.4, 0.5) is 5.69 Å². The van der Waals surface area contributed by atoms with Crippen molar-refractivity contribution in [1.29, 1.82) is 0 Å². The van der Waals surface area contributed by atoms with Gasteiger partial charge in [-0.1, -0.05) is 24.3 Å². The second kappa shape index (κ2) is 6.86. The predicted molar refractivity (Wildman–Crippen MR) is 85.0 cm³/mol. The average Bonchev–Trinajstić information content (AvgIpc) is 2.53. The van der Waals surface area contributed by atoms with E-state index in [9.17, 15) is 23.3 Å². The van der Waals surface area contributed by atoms with Gasteiger partial charge in [0.05, 0.1) is 10.5 Å². The Balaban J connectivity index is 2.22. The lowest BCUT2D eigenvalue weighted by atomic mass is 10.2. The maximum Gasteiger partial charge on any atom is 0.289 e. The van der Waals surface area contributed by atoms with Crippen molar-refractivity contribution in [3.8, 4) is 0 Å². The summed E-state index contributed by atoms with van der Waals surface area (Å²) < 4.78 is 24.7. The molecule has 2 rings (SSSR count). The zero-order valence-corrected chi connectivity index (χ0v) is 13.8. The van der Waals surface area contributed by atoms with Crippen molar-refractivity contribution in [2.75, 3.05) is 0 Å². The van der Waals surface area contributed by atoms with E-state index in [-0.39, 0.29) is 5.56 Å². The Bertz CT molecular complexity index is 869. The van der Waals surface area contributed by atoms with Gasteiger partial charge in [0.1, 0.15) is 0 Å². The number of rotatable bonds is 5. The number of nitrogens with one attached hydrogen (secondary N) is 2. The van der Waals surface area contributed by atoms with Crippen molar-refractivity contribution in [2.45, 2.75) is 4.90 Å². The maximum absolute atomic E-state index is 12.1. The van der Waals surface area contributed by atoms with Gasteiger partial charge in [-0.05, 0) is 34.1 Å². The summed E-state index contributed by atoms with van der Waals surface area (Å²) in [5, 5.41) is 10.9. The lowest BCUT2D eigenvalue weighted by Crippen LogP contribution is -2.41. The van der Waals surface area contributed by atoms with Gasteiger partial charge in [0.25, 0.3) is 21.6 Å². The number of amides is 1. The number of hydrogen-bond donors (Lipinski definition) is 2. The van der Waals surface area contributed by atoms with Crippen molar-refractivity contribution in [3.05, 3.63) is 68.7 Å². The molecule has 23 heavy (non-hydrogen) atoms. The van der Waals surface area contributed by atoms with E-state index in [1.165, 1.54) is 18.2 Å². The standard InChI is InChI=1S/C13H10BrN3O5S/c14-10-6-2-1-5-9(10)13(18)15-16-23(21,22)12-8-4-3-7-11(12)17(19)20/h1-8,16H,(H,15,18). The van der Waals surface area contributed by atoms with E-state index < -0.39 is 31.4 Å². The van der Waals surface area contributed by atoms with E-state index in [4.69, 9.17) is 0 Å². The van der Waals surface area contributed by atoms with Crippen molar-refractivity contribution >= 4 is 37.5 Å². The first-order valence-electron chi connectivity index (χ1n) is 6.13. The summed E-state index contributed by atoms with van der Waals surface area (Å²) in [6.07, 6.45) is 0. The minimum atomic E-state index is -4.29. The van der Waals surface area contributed by atoms with E-state index in [0.29, 0.717) is 4.47 Å². The minimum Gasteiger partial charge on any atom is -0.273 e. The summed E-state index contributed by atoms with van der Waals surface area (Å²) in [4.78, 5) is 23.3. The molecule has 120 valence electrons. The molecule has 0 unspecified atom stereocenters. The quantitative estimate of drug-likeness (QED) is 0.588. The number of carbonyl (C=O) groups is 1. The molecule has 2 aromatic rings. The van der Waals surface area contributed by atoms with E-state index in [1.54, 1.807) is 18.2 Å². The van der Waals surface area contributed by atoms with Crippen LogP contribution in [0.25, 0.3) is 0 Å². The molecule has 0 aliphatic carbocycles. The first kappa shape index (κ1) is 17.1. The lowest BCUT2D eigenvalue weighted by molar-refractivity contribution is -0.387. The van der Waals surface area contributed by atoms with Crippen LogP contribution >= 0.6 is 15.9 Å². The molecule has 8 nitrogen and oxygen atoms in total. The van der Waals surface area contributed by atoms with Crippen LogP contribution in [0, 0.1) is 10.1 Å². The number of hydrogen-bond acceptors (Lipinski definition) is 5. The number of benzene rings is 2. The Morgan fingerprint density at radius 2 is 1.70 bits per heavy atom. The molecule has 0 saturated carbocycles. The van der Waals surface area contributed by atoms with Crippen LogP contribution in [0.3, 0.4) is 0 Å². The SMILES string of the molecule is O=C(NNS(=O)(=O)c1ccccc1[N+](=O)[O-])c1ccccc1Br. The highest BCUT2D eigenvalue weighted by Crippen LogP contribution is 2.22. The Morgan fingerprint density at radius 1 is 1.09 bits per heavy atom. The first-order chi connectivity index (χ1) is 10.8. The molecule has 0 aliphatic rings. The summed E-state index contributed by atoms with van der Waals surface area (Å²) in [6, 6.07) is 11.2. The molecule has 0 aromatic heterocycles. The number of nitro groups is 1. The van der Waals surface area contributed by atoms with Crippen LogP contribution in [0.5, 0.6) is 0 Å². The lowest BCUT2D eigenvalue weighted by Gasteiger charge is -2.09. The molecule has 2 aromatic carbocycles. The molecule has 0 saturated heterocycles. The second-order valence-corrected chi connectivity index (χ2v) is 6.77. The third-order valence-corrected chi connectivity index (χ3v) is 4.76. The summed E-state index contributed by atoms with van der Waals surface area (Å²) in [7, 11) is -4.29. The van der Waals surface area contributed by atoms with Crippen LogP contribution in [0.15, 0.2) is 57.9 Å². The monoisotopic (exact) mass is 399 g/mol. The summed E-state index contributed by atoms with van der Waals surface area (Å²) in [5.74, 6) is -0.709. The van der Waals surface area contributed by atoms with Crippen molar-refractivity contribution < 1.29 is 18.1 Å². The van der Waals surface area contributed by atoms with Gasteiger partial charge >= 0.3 is 0 Å². The highest BCUT2D eigenvalue weighted by Gasteiger charge is 2.25. The molecule has 0 bridgehead atoms. The highest BCUT2D eigenvalue weighted by molar-refractivity contribution is 9.10. The average molecular weight is 400 g/mol. The van der Waals surface area contributed by atoms with Gasteiger partial charge in [-0.25, -0.2) is 8.42 Å². The summed E-state index contributed by atoms with van der Waals surface area (Å²) in [6.45, 7) is 0. The third kappa shape index (κ3) is 3.92. The predicted octanol–water partition coefficient (Wildman–Crippen LogP) is 1.98. The van der Waals surface area contributed by atoms with Crippen molar-refractivity contribution in [2.24, 2.45) is 0 Å². The van der Waals surface area contributed by atoms with Gasteiger partial charge in [-0.15, -0.1) is 4.83 Å². The van der Waals surface area contributed by atoms with Crippen LogP contribution < -0.4 is 10.3 Å². The molecular formula is C13H10BrN3O5S. The van der Waals surface area contributed by atoms with Gasteiger partial charge in [-0.3, -0.25) is 20.3 Å². The number of hydrazine groups is 1. The maximum atomic E-state index is 12.1. The third-order valence-electron chi connectivity index (χ3n) is 2.77. The number of nitro benzene ring substituents is 1. The molecule has 0 aliphatic heterocycles. The number of halogens is 1. The molecular weight excluding hydrogens is 390 g/mol. The van der Waals surface area contributed by atoms with Gasteiger partial charge < -0.3 is 0 Å². The smallest absolute Gasteiger partial charge is 0.273 e. The fourth-order valence-electron chi connectivity index (χ4n) is 1.72.